The Morgan fingerprint density at radius 2 is 1.42 bits per heavy atom. The van der Waals surface area contributed by atoms with E-state index in [9.17, 15) is 14.4 Å². The Morgan fingerprint density at radius 1 is 0.846 bits per heavy atom. The molecule has 1 aliphatic heterocycles. The van der Waals surface area contributed by atoms with Gasteiger partial charge in [-0.05, 0) is 30.5 Å². The Bertz CT molecular complexity index is 1020. The third-order valence-electron chi connectivity index (χ3n) is 4.64. The second-order valence-corrected chi connectivity index (χ2v) is 6.22. The van der Waals surface area contributed by atoms with Crippen LogP contribution in [0.25, 0.3) is 10.8 Å². The largest absolute Gasteiger partial charge is 0.324 e. The highest BCUT2D eigenvalue weighted by molar-refractivity contribution is 6.23. The third-order valence-corrected chi connectivity index (χ3v) is 4.64. The van der Waals surface area contributed by atoms with Crippen LogP contribution < -0.4 is 5.32 Å². The predicted octanol–water partition coefficient (Wildman–Crippen LogP) is 3.46. The predicted molar refractivity (Wildman–Crippen MR) is 99.0 cm³/mol. The monoisotopic (exact) mass is 344 g/mol. The highest BCUT2D eigenvalue weighted by Gasteiger charge is 2.40. The van der Waals surface area contributed by atoms with E-state index in [0.29, 0.717) is 16.8 Å². The van der Waals surface area contributed by atoms with Gasteiger partial charge in [-0.2, -0.15) is 0 Å². The third kappa shape index (κ3) is 2.45. The number of imide groups is 1. The Kier molecular flexibility index (Phi) is 3.77. The Balaban J connectivity index is 1.61. The van der Waals surface area contributed by atoms with Crippen molar-refractivity contribution >= 4 is 34.2 Å². The van der Waals surface area contributed by atoms with E-state index in [2.05, 4.69) is 5.32 Å². The zero-order valence-electron chi connectivity index (χ0n) is 14.1. The molecule has 1 heterocycles. The lowest BCUT2D eigenvalue weighted by Gasteiger charge is -2.22. The first-order chi connectivity index (χ1) is 12.6. The van der Waals surface area contributed by atoms with Gasteiger partial charge in [-0.25, -0.2) is 0 Å². The van der Waals surface area contributed by atoms with Crippen molar-refractivity contribution in [3.63, 3.8) is 0 Å². The van der Waals surface area contributed by atoms with Crippen molar-refractivity contribution in [3.05, 3.63) is 77.9 Å². The molecule has 3 aromatic carbocycles. The molecule has 1 N–H and O–H groups in total. The maximum absolute atomic E-state index is 12.7. The van der Waals surface area contributed by atoms with E-state index in [1.165, 1.54) is 0 Å². The summed E-state index contributed by atoms with van der Waals surface area (Å²) in [5.41, 5.74) is 1.32. The van der Waals surface area contributed by atoms with E-state index >= 15 is 0 Å². The fraction of sp³-hybridized carbons (Fsp3) is 0.0952. The summed E-state index contributed by atoms with van der Waals surface area (Å²) < 4.78 is 0. The molecule has 0 aromatic heterocycles. The summed E-state index contributed by atoms with van der Waals surface area (Å²) >= 11 is 0. The van der Waals surface area contributed by atoms with Crippen LogP contribution in [0.15, 0.2) is 66.7 Å². The first-order valence-electron chi connectivity index (χ1n) is 8.33. The van der Waals surface area contributed by atoms with Crippen LogP contribution in [0.1, 0.15) is 27.6 Å². The lowest BCUT2D eigenvalue weighted by molar-refractivity contribution is -0.119. The van der Waals surface area contributed by atoms with Gasteiger partial charge in [0.15, 0.2) is 0 Å². The van der Waals surface area contributed by atoms with Crippen molar-refractivity contribution in [2.45, 2.75) is 13.0 Å². The van der Waals surface area contributed by atoms with Gasteiger partial charge in [0.25, 0.3) is 11.8 Å². The highest BCUT2D eigenvalue weighted by atomic mass is 16.2. The number of anilines is 1. The zero-order valence-corrected chi connectivity index (χ0v) is 14.1. The van der Waals surface area contributed by atoms with Crippen molar-refractivity contribution < 1.29 is 14.4 Å². The lowest BCUT2D eigenvalue weighted by atomic mass is 10.1. The lowest BCUT2D eigenvalue weighted by Crippen LogP contribution is -2.45. The van der Waals surface area contributed by atoms with Crippen molar-refractivity contribution in [3.8, 4) is 0 Å². The summed E-state index contributed by atoms with van der Waals surface area (Å²) in [6, 6.07) is 19.0. The molecule has 1 atom stereocenters. The second kappa shape index (κ2) is 6.11. The van der Waals surface area contributed by atoms with Crippen LogP contribution in [0.3, 0.4) is 0 Å². The normalized spacial score (nSPS) is 14.4. The summed E-state index contributed by atoms with van der Waals surface area (Å²) in [6.45, 7) is 1.56. The minimum Gasteiger partial charge on any atom is -0.324 e. The van der Waals surface area contributed by atoms with E-state index in [1.807, 2.05) is 36.4 Å². The topological polar surface area (TPSA) is 66.5 Å². The maximum Gasteiger partial charge on any atom is 0.262 e. The number of carbonyl (C=O) groups excluding carboxylic acids is 3. The quantitative estimate of drug-likeness (QED) is 0.740. The molecule has 0 fully saturated rings. The van der Waals surface area contributed by atoms with Crippen LogP contribution >= 0.6 is 0 Å². The van der Waals surface area contributed by atoms with Gasteiger partial charge in [0.2, 0.25) is 5.91 Å². The molecule has 128 valence electrons. The van der Waals surface area contributed by atoms with E-state index in [4.69, 9.17) is 0 Å². The molecule has 0 spiro atoms. The van der Waals surface area contributed by atoms with E-state index in [-0.39, 0.29) is 0 Å². The minimum atomic E-state index is -0.915. The standard InChI is InChI=1S/C21H16N2O3/c1-13(23-20(25)16-10-4-5-11-17(16)21(23)26)19(24)22-18-12-6-8-14-7-2-3-9-15(14)18/h2-13H,1H3,(H,22,24)/t13-/m0/s1. The van der Waals surface area contributed by atoms with Gasteiger partial charge in [0.1, 0.15) is 6.04 Å². The van der Waals surface area contributed by atoms with Crippen LogP contribution in [0, 0.1) is 0 Å². The number of hydrogen-bond donors (Lipinski definition) is 1. The molecule has 3 aromatic rings. The molecule has 26 heavy (non-hydrogen) atoms. The van der Waals surface area contributed by atoms with Crippen LogP contribution in [0.4, 0.5) is 5.69 Å². The number of nitrogens with one attached hydrogen (secondary N) is 1. The van der Waals surface area contributed by atoms with Gasteiger partial charge >= 0.3 is 0 Å². The van der Waals surface area contributed by atoms with Gasteiger partial charge in [0.05, 0.1) is 11.1 Å². The molecular formula is C21H16N2O3. The number of fused-ring (bicyclic) bond motifs is 2. The van der Waals surface area contributed by atoms with Gasteiger partial charge in [-0.3, -0.25) is 19.3 Å². The molecule has 0 bridgehead atoms. The average Bonchev–Trinajstić information content (AvgIpc) is 2.92. The number of amides is 3. The van der Waals surface area contributed by atoms with Gasteiger partial charge < -0.3 is 5.32 Å². The summed E-state index contributed by atoms with van der Waals surface area (Å²) in [6.07, 6.45) is 0. The smallest absolute Gasteiger partial charge is 0.262 e. The summed E-state index contributed by atoms with van der Waals surface area (Å²) in [4.78, 5) is 38.8. The number of nitrogens with zero attached hydrogens (tertiary/aromatic N) is 1. The number of carbonyl (C=O) groups is 3. The van der Waals surface area contributed by atoms with Crippen LogP contribution in [0.2, 0.25) is 0 Å². The molecule has 5 heteroatoms. The Labute approximate surface area is 150 Å². The van der Waals surface area contributed by atoms with Crippen LogP contribution in [-0.4, -0.2) is 28.7 Å². The number of hydrogen-bond acceptors (Lipinski definition) is 3. The summed E-state index contributed by atoms with van der Waals surface area (Å²) in [5, 5.41) is 4.74. The number of benzene rings is 3. The summed E-state index contributed by atoms with van der Waals surface area (Å²) in [5.74, 6) is -1.28. The molecule has 0 aliphatic carbocycles. The minimum absolute atomic E-state index is 0.335. The molecule has 0 unspecified atom stereocenters. The Morgan fingerprint density at radius 3 is 2.12 bits per heavy atom. The van der Waals surface area contributed by atoms with E-state index in [0.717, 1.165) is 15.7 Å². The van der Waals surface area contributed by atoms with Crippen LogP contribution in [0.5, 0.6) is 0 Å². The Hall–Kier alpha value is -3.47. The van der Waals surface area contributed by atoms with Gasteiger partial charge in [0, 0.05) is 11.1 Å². The van der Waals surface area contributed by atoms with Crippen molar-refractivity contribution in [2.24, 2.45) is 0 Å². The fourth-order valence-corrected chi connectivity index (χ4v) is 3.25. The molecule has 0 saturated carbocycles. The zero-order chi connectivity index (χ0) is 18.3. The SMILES string of the molecule is C[C@@H](C(=O)Nc1cccc2ccccc12)N1C(=O)c2ccccc2C1=O. The molecule has 0 radical (unpaired) electrons. The average molecular weight is 344 g/mol. The fourth-order valence-electron chi connectivity index (χ4n) is 3.25. The van der Waals surface area contributed by atoms with Gasteiger partial charge in [-0.1, -0.05) is 48.5 Å². The highest BCUT2D eigenvalue weighted by Crippen LogP contribution is 2.26. The first kappa shape index (κ1) is 16.0. The second-order valence-electron chi connectivity index (χ2n) is 6.22. The molecular weight excluding hydrogens is 328 g/mol. The van der Waals surface area contributed by atoms with Crippen molar-refractivity contribution in [2.75, 3.05) is 5.32 Å². The van der Waals surface area contributed by atoms with Gasteiger partial charge in [-0.15, -0.1) is 0 Å². The molecule has 3 amide bonds. The first-order valence-corrected chi connectivity index (χ1v) is 8.33. The molecule has 4 rings (SSSR count). The molecule has 5 nitrogen and oxygen atoms in total. The maximum atomic E-state index is 12.7. The number of rotatable bonds is 3. The van der Waals surface area contributed by atoms with Crippen LogP contribution in [-0.2, 0) is 4.79 Å². The van der Waals surface area contributed by atoms with Crippen molar-refractivity contribution in [1.82, 2.24) is 4.90 Å². The molecule has 1 aliphatic rings. The summed E-state index contributed by atoms with van der Waals surface area (Å²) in [7, 11) is 0. The van der Waals surface area contributed by atoms with Crippen molar-refractivity contribution in [1.29, 1.82) is 0 Å². The molecule has 0 saturated heterocycles. The van der Waals surface area contributed by atoms with E-state index in [1.54, 1.807) is 37.3 Å². The van der Waals surface area contributed by atoms with E-state index < -0.39 is 23.8 Å².